The van der Waals surface area contributed by atoms with E-state index < -0.39 is 22.4 Å². The van der Waals surface area contributed by atoms with Gasteiger partial charge in [-0.05, 0) is 29.8 Å². The minimum atomic E-state index is -1.56. The van der Waals surface area contributed by atoms with Gasteiger partial charge in [-0.25, -0.2) is 8.78 Å². The molecule has 0 fully saturated rings. The molecule has 0 saturated heterocycles. The molecule has 19 heavy (non-hydrogen) atoms. The van der Waals surface area contributed by atoms with E-state index in [9.17, 15) is 13.0 Å². The van der Waals surface area contributed by atoms with Crippen LogP contribution in [0.15, 0.2) is 41.3 Å². The molecule has 100 valence electrons. The van der Waals surface area contributed by atoms with Crippen LogP contribution in [0.1, 0.15) is 5.56 Å². The number of hydrogen-bond donors (Lipinski definition) is 1. The molecule has 1 unspecified atom stereocenters. The first-order valence-corrected chi connectivity index (χ1v) is 7.04. The predicted octanol–water partition coefficient (Wildman–Crippen LogP) is 3.51. The molecule has 2 aromatic carbocycles. The standard InChI is InChI=1S/C13H10ClF2NOS/c14-11-2-1-3-12(17)13(11)19(18)7-8-4-9(15)6-10(16)5-8/h1-6H,7,17H2. The molecule has 0 heterocycles. The lowest BCUT2D eigenvalue weighted by molar-refractivity contribution is 0.581. The second kappa shape index (κ2) is 5.67. The van der Waals surface area contributed by atoms with Gasteiger partial charge in [-0.2, -0.15) is 0 Å². The van der Waals surface area contributed by atoms with Gasteiger partial charge in [0.15, 0.2) is 0 Å². The summed E-state index contributed by atoms with van der Waals surface area (Å²) in [7, 11) is -1.56. The quantitative estimate of drug-likeness (QED) is 0.882. The molecule has 0 spiro atoms. The summed E-state index contributed by atoms with van der Waals surface area (Å²) in [6, 6.07) is 7.81. The van der Waals surface area contributed by atoms with E-state index in [1.54, 1.807) is 18.2 Å². The van der Waals surface area contributed by atoms with Gasteiger partial charge in [-0.15, -0.1) is 0 Å². The number of benzene rings is 2. The number of nitrogens with two attached hydrogens (primary N) is 1. The third kappa shape index (κ3) is 3.30. The zero-order valence-electron chi connectivity index (χ0n) is 9.70. The van der Waals surface area contributed by atoms with Crippen molar-refractivity contribution in [2.24, 2.45) is 0 Å². The van der Waals surface area contributed by atoms with Crippen molar-refractivity contribution in [3.05, 3.63) is 58.6 Å². The fourth-order valence-electron chi connectivity index (χ4n) is 1.68. The molecule has 2 aromatic rings. The van der Waals surface area contributed by atoms with E-state index in [1.165, 1.54) is 0 Å². The van der Waals surface area contributed by atoms with Crippen LogP contribution in [0.4, 0.5) is 14.5 Å². The van der Waals surface area contributed by atoms with Crippen molar-refractivity contribution in [1.29, 1.82) is 0 Å². The maximum absolute atomic E-state index is 13.0. The van der Waals surface area contributed by atoms with Gasteiger partial charge in [0.2, 0.25) is 0 Å². The predicted molar refractivity (Wildman–Crippen MR) is 72.3 cm³/mol. The van der Waals surface area contributed by atoms with Crippen LogP contribution in [0.3, 0.4) is 0 Å². The van der Waals surface area contributed by atoms with Crippen molar-refractivity contribution >= 4 is 28.1 Å². The second-order valence-corrected chi connectivity index (χ2v) is 5.72. The molecule has 6 heteroatoms. The van der Waals surface area contributed by atoms with Crippen molar-refractivity contribution in [2.45, 2.75) is 10.6 Å². The molecule has 0 aliphatic rings. The number of halogens is 3. The van der Waals surface area contributed by atoms with Crippen molar-refractivity contribution in [2.75, 3.05) is 5.73 Å². The molecular formula is C13H10ClF2NOS. The first-order valence-electron chi connectivity index (χ1n) is 5.34. The number of rotatable bonds is 3. The maximum Gasteiger partial charge on any atom is 0.126 e. The normalized spacial score (nSPS) is 12.4. The summed E-state index contributed by atoms with van der Waals surface area (Å²) in [5.74, 6) is -1.47. The molecule has 0 aliphatic carbocycles. The van der Waals surface area contributed by atoms with Gasteiger partial charge in [0.25, 0.3) is 0 Å². The van der Waals surface area contributed by atoms with Gasteiger partial charge in [-0.3, -0.25) is 4.21 Å². The molecule has 0 aromatic heterocycles. The van der Waals surface area contributed by atoms with Crippen LogP contribution in [0.2, 0.25) is 5.02 Å². The Labute approximate surface area is 116 Å². The largest absolute Gasteiger partial charge is 0.398 e. The Morgan fingerprint density at radius 3 is 2.37 bits per heavy atom. The van der Waals surface area contributed by atoms with E-state index in [2.05, 4.69) is 0 Å². The molecule has 0 amide bonds. The van der Waals surface area contributed by atoms with Gasteiger partial charge < -0.3 is 5.73 Å². The summed E-state index contributed by atoms with van der Waals surface area (Å²) in [5.41, 5.74) is 6.29. The van der Waals surface area contributed by atoms with Gasteiger partial charge in [0.1, 0.15) is 11.6 Å². The third-order valence-electron chi connectivity index (χ3n) is 2.45. The average Bonchev–Trinajstić information content (AvgIpc) is 2.26. The Balaban J connectivity index is 2.31. The Bertz CT molecular complexity index is 608. The number of nitrogen functional groups attached to an aromatic ring is 1. The molecule has 1 atom stereocenters. The summed E-state index contributed by atoms with van der Waals surface area (Å²) >= 11 is 5.93. The van der Waals surface area contributed by atoms with Crippen LogP contribution in [-0.2, 0) is 16.6 Å². The average molecular weight is 302 g/mol. The van der Waals surface area contributed by atoms with Crippen LogP contribution in [0.5, 0.6) is 0 Å². The number of anilines is 1. The van der Waals surface area contributed by atoms with Gasteiger partial charge in [0, 0.05) is 11.8 Å². The summed E-state index contributed by atoms with van der Waals surface area (Å²) in [5, 5.41) is 0.273. The molecule has 0 radical (unpaired) electrons. The van der Waals surface area contributed by atoms with Crippen LogP contribution in [0.25, 0.3) is 0 Å². The molecule has 0 bridgehead atoms. The highest BCUT2D eigenvalue weighted by Gasteiger charge is 2.14. The fraction of sp³-hybridized carbons (Fsp3) is 0.0769. The van der Waals surface area contributed by atoms with E-state index in [0.717, 1.165) is 18.2 Å². The zero-order chi connectivity index (χ0) is 14.0. The first kappa shape index (κ1) is 14.0. The third-order valence-corrected chi connectivity index (χ3v) is 4.38. The lowest BCUT2D eigenvalue weighted by Gasteiger charge is -2.08. The highest BCUT2D eigenvalue weighted by Crippen LogP contribution is 2.27. The Kier molecular flexibility index (Phi) is 4.17. The SMILES string of the molecule is Nc1cccc(Cl)c1S(=O)Cc1cc(F)cc(F)c1. The highest BCUT2D eigenvalue weighted by molar-refractivity contribution is 7.84. The zero-order valence-corrected chi connectivity index (χ0v) is 11.3. The number of hydrogen-bond acceptors (Lipinski definition) is 2. The summed E-state index contributed by atoms with van der Waals surface area (Å²) < 4.78 is 38.3. The summed E-state index contributed by atoms with van der Waals surface area (Å²) in [6.45, 7) is 0. The lowest BCUT2D eigenvalue weighted by atomic mass is 10.2. The van der Waals surface area contributed by atoms with Crippen LogP contribution < -0.4 is 5.73 Å². The molecule has 2 N–H and O–H groups in total. The van der Waals surface area contributed by atoms with E-state index in [1.807, 2.05) is 0 Å². The summed E-state index contributed by atoms with van der Waals surface area (Å²) in [4.78, 5) is 0.286. The second-order valence-electron chi connectivity index (χ2n) is 3.93. The Morgan fingerprint density at radius 1 is 1.16 bits per heavy atom. The van der Waals surface area contributed by atoms with E-state index in [-0.39, 0.29) is 21.2 Å². The molecule has 2 rings (SSSR count). The van der Waals surface area contributed by atoms with E-state index >= 15 is 0 Å². The van der Waals surface area contributed by atoms with Crippen LogP contribution >= 0.6 is 11.6 Å². The monoisotopic (exact) mass is 301 g/mol. The van der Waals surface area contributed by atoms with E-state index in [0.29, 0.717) is 5.69 Å². The maximum atomic E-state index is 13.0. The van der Waals surface area contributed by atoms with Crippen molar-refractivity contribution in [3.63, 3.8) is 0 Å². The van der Waals surface area contributed by atoms with Crippen molar-refractivity contribution in [3.8, 4) is 0 Å². The Morgan fingerprint density at radius 2 is 1.79 bits per heavy atom. The van der Waals surface area contributed by atoms with Crippen LogP contribution in [0, 0.1) is 11.6 Å². The van der Waals surface area contributed by atoms with Gasteiger partial charge in [-0.1, -0.05) is 17.7 Å². The van der Waals surface area contributed by atoms with Gasteiger partial charge in [0.05, 0.1) is 26.5 Å². The first-order chi connectivity index (χ1) is 8.97. The molecule has 0 aliphatic heterocycles. The molecule has 0 saturated carbocycles. The molecular weight excluding hydrogens is 292 g/mol. The topological polar surface area (TPSA) is 43.1 Å². The Hall–Kier alpha value is -1.46. The lowest BCUT2D eigenvalue weighted by Crippen LogP contribution is -2.02. The summed E-state index contributed by atoms with van der Waals surface area (Å²) in [6.07, 6.45) is 0. The minimum absolute atomic E-state index is 0.0530. The van der Waals surface area contributed by atoms with Crippen molar-refractivity contribution in [1.82, 2.24) is 0 Å². The highest BCUT2D eigenvalue weighted by atomic mass is 35.5. The van der Waals surface area contributed by atoms with E-state index in [4.69, 9.17) is 17.3 Å². The molecule has 2 nitrogen and oxygen atoms in total. The van der Waals surface area contributed by atoms with Gasteiger partial charge >= 0.3 is 0 Å². The fourth-order valence-corrected chi connectivity index (χ4v) is 3.35. The smallest absolute Gasteiger partial charge is 0.126 e. The van der Waals surface area contributed by atoms with Crippen molar-refractivity contribution < 1.29 is 13.0 Å². The minimum Gasteiger partial charge on any atom is -0.398 e. The van der Waals surface area contributed by atoms with Crippen LogP contribution in [-0.4, -0.2) is 4.21 Å².